The Bertz CT molecular complexity index is 513. The molecule has 1 aromatic rings. The van der Waals surface area contributed by atoms with E-state index in [1.807, 2.05) is 11.3 Å². The fraction of sp³-hybridized carbons (Fsp3) is 0.706. The molecule has 1 aromatic heterocycles. The van der Waals surface area contributed by atoms with Crippen LogP contribution in [0.4, 0.5) is 0 Å². The molecule has 4 heteroatoms. The summed E-state index contributed by atoms with van der Waals surface area (Å²) in [5.74, 6) is 1.06. The number of thiophene rings is 1. The van der Waals surface area contributed by atoms with Crippen LogP contribution >= 0.6 is 11.3 Å². The van der Waals surface area contributed by atoms with Gasteiger partial charge in [0.05, 0.1) is 6.04 Å². The summed E-state index contributed by atoms with van der Waals surface area (Å²) in [6.07, 6.45) is 5.78. The highest BCUT2D eigenvalue weighted by Crippen LogP contribution is 2.45. The number of nitrogens with zero attached hydrogens (tertiary/aromatic N) is 1. The summed E-state index contributed by atoms with van der Waals surface area (Å²) in [5.41, 5.74) is 0. The molecule has 1 saturated carbocycles. The summed E-state index contributed by atoms with van der Waals surface area (Å²) in [4.78, 5) is 17.6. The molecule has 2 heterocycles. The Morgan fingerprint density at radius 1 is 1.29 bits per heavy atom. The summed E-state index contributed by atoms with van der Waals surface area (Å²) in [5, 5.41) is 3.59. The van der Waals surface area contributed by atoms with E-state index in [9.17, 15) is 4.79 Å². The van der Waals surface area contributed by atoms with Crippen molar-refractivity contribution < 1.29 is 4.79 Å². The van der Waals surface area contributed by atoms with Crippen molar-refractivity contribution in [1.82, 2.24) is 10.2 Å². The van der Waals surface area contributed by atoms with Crippen LogP contribution in [-0.2, 0) is 4.79 Å². The second kappa shape index (κ2) is 6.09. The smallest absolute Gasteiger partial charge is 0.241 e. The lowest BCUT2D eigenvalue weighted by molar-refractivity contribution is -0.131. The van der Waals surface area contributed by atoms with Gasteiger partial charge in [-0.3, -0.25) is 10.1 Å². The van der Waals surface area contributed by atoms with Gasteiger partial charge in [0.1, 0.15) is 6.17 Å². The van der Waals surface area contributed by atoms with Crippen molar-refractivity contribution in [3.63, 3.8) is 0 Å². The second-order valence-electron chi connectivity index (χ2n) is 6.46. The van der Waals surface area contributed by atoms with E-state index < -0.39 is 0 Å². The second-order valence-corrected chi connectivity index (χ2v) is 7.78. The van der Waals surface area contributed by atoms with Crippen molar-refractivity contribution in [2.45, 2.75) is 71.1 Å². The molecular formula is C17H26N2OS. The van der Waals surface area contributed by atoms with Crippen LogP contribution in [0.25, 0.3) is 0 Å². The topological polar surface area (TPSA) is 32.3 Å². The normalized spacial score (nSPS) is 32.0. The van der Waals surface area contributed by atoms with Crippen LogP contribution in [0.3, 0.4) is 0 Å². The Morgan fingerprint density at radius 2 is 2.05 bits per heavy atom. The number of rotatable bonds is 6. The van der Waals surface area contributed by atoms with Crippen LogP contribution < -0.4 is 5.32 Å². The van der Waals surface area contributed by atoms with Crippen molar-refractivity contribution in [2.24, 2.45) is 5.92 Å². The predicted molar refractivity (Wildman–Crippen MR) is 87.3 cm³/mol. The lowest BCUT2D eigenvalue weighted by Crippen LogP contribution is -2.33. The summed E-state index contributed by atoms with van der Waals surface area (Å²) < 4.78 is 0. The van der Waals surface area contributed by atoms with Crippen LogP contribution in [-0.4, -0.2) is 22.9 Å². The standard InChI is InChI=1S/C17H26N2OS/c1-4-6-12-10-14(12)19-16(15-9-8-11(3)21-15)18-13(7-5-2)17(19)20/h8-9,12-14,16,18H,4-7,10H2,1-3H3. The van der Waals surface area contributed by atoms with Gasteiger partial charge in [0.2, 0.25) is 5.91 Å². The van der Waals surface area contributed by atoms with E-state index in [1.54, 1.807) is 0 Å². The number of amides is 1. The van der Waals surface area contributed by atoms with E-state index in [4.69, 9.17) is 0 Å². The fourth-order valence-corrected chi connectivity index (χ4v) is 4.51. The maximum absolute atomic E-state index is 12.8. The molecule has 3 rings (SSSR count). The number of nitrogens with one attached hydrogen (secondary N) is 1. The molecule has 0 bridgehead atoms. The first-order chi connectivity index (χ1) is 10.2. The van der Waals surface area contributed by atoms with Gasteiger partial charge in [0, 0.05) is 15.8 Å². The quantitative estimate of drug-likeness (QED) is 0.866. The molecule has 4 unspecified atom stereocenters. The third-order valence-corrected chi connectivity index (χ3v) is 5.75. The summed E-state index contributed by atoms with van der Waals surface area (Å²) in [7, 11) is 0. The maximum atomic E-state index is 12.8. The third kappa shape index (κ3) is 2.88. The Kier molecular flexibility index (Phi) is 4.36. The zero-order valence-electron chi connectivity index (χ0n) is 13.3. The molecule has 2 fully saturated rings. The number of hydrogen-bond acceptors (Lipinski definition) is 3. The van der Waals surface area contributed by atoms with Crippen LogP contribution in [0.5, 0.6) is 0 Å². The van der Waals surface area contributed by atoms with Crippen molar-refractivity contribution in [2.75, 3.05) is 0 Å². The number of aryl methyl sites for hydroxylation is 1. The minimum Gasteiger partial charge on any atom is -0.317 e. The van der Waals surface area contributed by atoms with Crippen LogP contribution in [0.15, 0.2) is 12.1 Å². The predicted octanol–water partition coefficient (Wildman–Crippen LogP) is 3.84. The van der Waals surface area contributed by atoms with Crippen molar-refractivity contribution in [3.05, 3.63) is 21.9 Å². The van der Waals surface area contributed by atoms with E-state index in [2.05, 4.69) is 43.1 Å². The maximum Gasteiger partial charge on any atom is 0.241 e. The van der Waals surface area contributed by atoms with Crippen molar-refractivity contribution in [1.29, 1.82) is 0 Å². The lowest BCUT2D eigenvalue weighted by atomic mass is 10.1. The number of carbonyl (C=O) groups excluding carboxylic acids is 1. The molecule has 116 valence electrons. The molecule has 1 saturated heterocycles. The fourth-order valence-electron chi connectivity index (χ4n) is 3.57. The first-order valence-electron chi connectivity index (χ1n) is 8.30. The highest BCUT2D eigenvalue weighted by Gasteiger charge is 2.51. The SMILES string of the molecule is CCCC1NC(c2ccc(C)s2)N(C2CC2CCC)C1=O. The van der Waals surface area contributed by atoms with Gasteiger partial charge in [0.25, 0.3) is 0 Å². The van der Waals surface area contributed by atoms with Crippen molar-refractivity contribution in [3.8, 4) is 0 Å². The Morgan fingerprint density at radius 3 is 2.67 bits per heavy atom. The van der Waals surface area contributed by atoms with E-state index in [0.29, 0.717) is 11.9 Å². The summed E-state index contributed by atoms with van der Waals surface area (Å²) >= 11 is 1.81. The van der Waals surface area contributed by atoms with Gasteiger partial charge in [-0.15, -0.1) is 11.3 Å². The monoisotopic (exact) mass is 306 g/mol. The van der Waals surface area contributed by atoms with Gasteiger partial charge >= 0.3 is 0 Å². The van der Waals surface area contributed by atoms with Gasteiger partial charge in [-0.2, -0.15) is 0 Å². The average Bonchev–Trinajstić information content (AvgIpc) is 2.93. The molecular weight excluding hydrogens is 280 g/mol. The highest BCUT2D eigenvalue weighted by molar-refractivity contribution is 7.12. The molecule has 1 N–H and O–H groups in total. The molecule has 1 aliphatic carbocycles. The molecule has 0 spiro atoms. The Balaban J connectivity index is 1.80. The molecule has 2 aliphatic rings. The van der Waals surface area contributed by atoms with E-state index in [-0.39, 0.29) is 12.2 Å². The first kappa shape index (κ1) is 15.0. The van der Waals surface area contributed by atoms with Gasteiger partial charge in [-0.05, 0) is 44.2 Å². The molecule has 3 nitrogen and oxygen atoms in total. The zero-order chi connectivity index (χ0) is 15.0. The molecule has 1 amide bonds. The summed E-state index contributed by atoms with van der Waals surface area (Å²) in [6.45, 7) is 6.52. The van der Waals surface area contributed by atoms with E-state index in [0.717, 1.165) is 18.8 Å². The highest BCUT2D eigenvalue weighted by atomic mass is 32.1. The summed E-state index contributed by atoms with van der Waals surface area (Å²) in [6, 6.07) is 4.83. The van der Waals surface area contributed by atoms with Gasteiger partial charge in [-0.25, -0.2) is 0 Å². The van der Waals surface area contributed by atoms with Crippen LogP contribution in [0.2, 0.25) is 0 Å². The number of carbonyl (C=O) groups is 1. The minimum absolute atomic E-state index is 0.0188. The van der Waals surface area contributed by atoms with Crippen LogP contribution in [0.1, 0.15) is 61.9 Å². The Hall–Kier alpha value is -0.870. The molecule has 21 heavy (non-hydrogen) atoms. The van der Waals surface area contributed by atoms with E-state index >= 15 is 0 Å². The van der Waals surface area contributed by atoms with Crippen LogP contribution in [0, 0.1) is 12.8 Å². The molecule has 4 atom stereocenters. The third-order valence-electron chi connectivity index (χ3n) is 4.70. The molecule has 0 aromatic carbocycles. The number of hydrogen-bond donors (Lipinski definition) is 1. The van der Waals surface area contributed by atoms with Gasteiger partial charge in [0.15, 0.2) is 0 Å². The van der Waals surface area contributed by atoms with Crippen molar-refractivity contribution >= 4 is 17.2 Å². The minimum atomic E-state index is 0.0188. The lowest BCUT2D eigenvalue weighted by Gasteiger charge is -2.24. The zero-order valence-corrected chi connectivity index (χ0v) is 14.1. The van der Waals surface area contributed by atoms with E-state index in [1.165, 1.54) is 29.0 Å². The Labute approximate surface area is 131 Å². The largest absolute Gasteiger partial charge is 0.317 e. The van der Waals surface area contributed by atoms with Gasteiger partial charge in [-0.1, -0.05) is 26.7 Å². The molecule has 0 radical (unpaired) electrons. The average molecular weight is 306 g/mol. The van der Waals surface area contributed by atoms with Gasteiger partial charge < -0.3 is 4.90 Å². The molecule has 1 aliphatic heterocycles. The first-order valence-corrected chi connectivity index (χ1v) is 9.11.